The van der Waals surface area contributed by atoms with Gasteiger partial charge in [-0.2, -0.15) is 0 Å². The van der Waals surface area contributed by atoms with Gasteiger partial charge in [-0.3, -0.25) is 4.90 Å². The fraction of sp³-hybridized carbons (Fsp3) is 0.857. The topological polar surface area (TPSA) is 52.3 Å². The van der Waals surface area contributed by atoms with Gasteiger partial charge in [0.25, 0.3) is 0 Å². The van der Waals surface area contributed by atoms with Crippen LogP contribution in [-0.4, -0.2) is 41.8 Å². The molecule has 0 saturated carbocycles. The molecule has 1 atom stereocenters. The molecule has 0 aromatic heterocycles. The van der Waals surface area contributed by atoms with Gasteiger partial charge in [-0.05, 0) is 13.3 Å². The van der Waals surface area contributed by atoms with E-state index in [-0.39, 0.29) is 0 Å². The van der Waals surface area contributed by atoms with E-state index in [0.29, 0.717) is 12.6 Å². The van der Waals surface area contributed by atoms with Crippen LogP contribution in [-0.2, 0) is 0 Å². The van der Waals surface area contributed by atoms with Crippen molar-refractivity contribution in [3.05, 3.63) is 0 Å². The number of hydrogen-bond donors (Lipinski definition) is 2. The van der Waals surface area contributed by atoms with Crippen LogP contribution in [0, 0.1) is 0 Å². The van der Waals surface area contributed by atoms with Gasteiger partial charge in [0, 0.05) is 25.7 Å². The predicted octanol–water partition coefficient (Wildman–Crippen LogP) is 0.348. The summed E-state index contributed by atoms with van der Waals surface area (Å²) in [6.07, 6.45) is -0.0188. The van der Waals surface area contributed by atoms with Gasteiger partial charge in [0.05, 0.1) is 0 Å². The van der Waals surface area contributed by atoms with Crippen molar-refractivity contribution in [3.8, 4) is 0 Å². The van der Waals surface area contributed by atoms with Crippen molar-refractivity contribution in [2.45, 2.75) is 19.4 Å². The lowest BCUT2D eigenvalue weighted by molar-refractivity contribution is 0.193. The average Bonchev–Trinajstić information content (AvgIpc) is 2.66. The molecule has 0 aromatic carbocycles. The van der Waals surface area contributed by atoms with E-state index >= 15 is 0 Å². The highest BCUT2D eigenvalue weighted by atomic mass is 16.4. The lowest BCUT2D eigenvalue weighted by Crippen LogP contribution is -2.26. The minimum Gasteiger partial charge on any atom is -0.465 e. The predicted molar refractivity (Wildman–Crippen MR) is 41.7 cm³/mol. The molecule has 4 heteroatoms. The summed E-state index contributed by atoms with van der Waals surface area (Å²) in [4.78, 5) is 12.4. The van der Waals surface area contributed by atoms with E-state index in [2.05, 4.69) is 17.1 Å². The van der Waals surface area contributed by atoms with Crippen molar-refractivity contribution >= 4 is 6.09 Å². The maximum absolute atomic E-state index is 10.0. The number of carboxylic acid groups (broad SMARTS) is 1. The molecule has 1 fully saturated rings. The maximum Gasteiger partial charge on any atom is 0.404 e. The molecule has 64 valence electrons. The van der Waals surface area contributed by atoms with Gasteiger partial charge in [0.15, 0.2) is 0 Å². The van der Waals surface area contributed by atoms with Gasteiger partial charge >= 0.3 is 6.09 Å². The van der Waals surface area contributed by atoms with Crippen LogP contribution >= 0.6 is 0 Å². The maximum atomic E-state index is 10.0. The lowest BCUT2D eigenvalue weighted by atomic mass is 10.2. The molecule has 1 rings (SSSR count). The molecular formula is C7H14N2O2. The van der Waals surface area contributed by atoms with E-state index in [1.165, 1.54) is 13.1 Å². The first-order valence-electron chi connectivity index (χ1n) is 3.91. The first kappa shape index (κ1) is 8.33. The molecular weight excluding hydrogens is 144 g/mol. The standard InChI is InChI=1S/C7H14N2O2/c1-6(9-4-5-9)2-3-8-7(10)11/h6,8H,2-5H2,1H3,(H,10,11). The lowest BCUT2D eigenvalue weighted by Gasteiger charge is -2.10. The quantitative estimate of drug-likeness (QED) is 0.580. The second kappa shape index (κ2) is 3.57. The van der Waals surface area contributed by atoms with Crippen LogP contribution in [0.25, 0.3) is 0 Å². The highest BCUT2D eigenvalue weighted by molar-refractivity contribution is 5.64. The van der Waals surface area contributed by atoms with Gasteiger partial charge in [-0.1, -0.05) is 0 Å². The molecule has 1 aliphatic heterocycles. The van der Waals surface area contributed by atoms with Gasteiger partial charge in [-0.15, -0.1) is 0 Å². The van der Waals surface area contributed by atoms with Crippen LogP contribution < -0.4 is 5.32 Å². The largest absolute Gasteiger partial charge is 0.465 e. The van der Waals surface area contributed by atoms with E-state index < -0.39 is 6.09 Å². The number of hydrogen-bond acceptors (Lipinski definition) is 2. The number of rotatable bonds is 4. The molecule has 4 nitrogen and oxygen atoms in total. The second-order valence-corrected chi connectivity index (χ2v) is 2.91. The summed E-state index contributed by atoms with van der Waals surface area (Å²) in [7, 11) is 0. The monoisotopic (exact) mass is 158 g/mol. The summed E-state index contributed by atoms with van der Waals surface area (Å²) in [5.41, 5.74) is 0. The Balaban J connectivity index is 1.97. The Labute approximate surface area is 66.2 Å². The molecule has 0 bridgehead atoms. The van der Waals surface area contributed by atoms with Crippen molar-refractivity contribution in [1.82, 2.24) is 10.2 Å². The second-order valence-electron chi connectivity index (χ2n) is 2.91. The third kappa shape index (κ3) is 3.23. The number of carbonyl (C=O) groups is 1. The molecule has 1 unspecified atom stereocenters. The van der Waals surface area contributed by atoms with Crippen LogP contribution in [0.1, 0.15) is 13.3 Å². The smallest absolute Gasteiger partial charge is 0.404 e. The minimum atomic E-state index is -0.928. The molecule has 11 heavy (non-hydrogen) atoms. The fourth-order valence-electron chi connectivity index (χ4n) is 1.07. The Morgan fingerprint density at radius 2 is 2.36 bits per heavy atom. The van der Waals surface area contributed by atoms with Crippen LogP contribution in [0.2, 0.25) is 0 Å². The SMILES string of the molecule is CC(CCNC(=O)O)N1CC1. The van der Waals surface area contributed by atoms with E-state index in [0.717, 1.165) is 6.42 Å². The van der Waals surface area contributed by atoms with Crippen molar-refractivity contribution < 1.29 is 9.90 Å². The molecule has 1 amide bonds. The normalized spacial score (nSPS) is 19.4. The third-order valence-corrected chi connectivity index (χ3v) is 1.94. The number of nitrogens with zero attached hydrogens (tertiary/aromatic N) is 1. The zero-order valence-corrected chi connectivity index (χ0v) is 6.71. The molecule has 2 N–H and O–H groups in total. The average molecular weight is 158 g/mol. The minimum absolute atomic E-state index is 0.529. The Kier molecular flexibility index (Phi) is 2.70. The number of amides is 1. The highest BCUT2D eigenvalue weighted by Gasteiger charge is 2.22. The van der Waals surface area contributed by atoms with E-state index in [9.17, 15) is 4.79 Å². The molecule has 0 radical (unpaired) electrons. The molecule has 0 spiro atoms. The summed E-state index contributed by atoms with van der Waals surface area (Å²) in [5.74, 6) is 0. The summed E-state index contributed by atoms with van der Waals surface area (Å²) >= 11 is 0. The van der Waals surface area contributed by atoms with Crippen LogP contribution in [0.3, 0.4) is 0 Å². The summed E-state index contributed by atoms with van der Waals surface area (Å²) in [6, 6.07) is 0.529. The van der Waals surface area contributed by atoms with Crippen molar-refractivity contribution in [2.24, 2.45) is 0 Å². The van der Waals surface area contributed by atoms with Crippen LogP contribution in [0.5, 0.6) is 0 Å². The van der Waals surface area contributed by atoms with Gasteiger partial charge < -0.3 is 10.4 Å². The summed E-state index contributed by atoms with van der Waals surface area (Å²) in [6.45, 7) is 5.03. The van der Waals surface area contributed by atoms with Crippen LogP contribution in [0.4, 0.5) is 4.79 Å². The van der Waals surface area contributed by atoms with E-state index in [1.807, 2.05) is 0 Å². The first-order valence-corrected chi connectivity index (χ1v) is 3.91. The van der Waals surface area contributed by atoms with E-state index in [1.54, 1.807) is 0 Å². The Morgan fingerprint density at radius 3 is 2.82 bits per heavy atom. The van der Waals surface area contributed by atoms with Crippen molar-refractivity contribution in [2.75, 3.05) is 19.6 Å². The zero-order valence-electron chi connectivity index (χ0n) is 6.71. The summed E-state index contributed by atoms with van der Waals surface area (Å²) < 4.78 is 0. The Morgan fingerprint density at radius 1 is 1.73 bits per heavy atom. The number of nitrogens with one attached hydrogen (secondary N) is 1. The van der Waals surface area contributed by atoms with Gasteiger partial charge in [0.2, 0.25) is 0 Å². The Hall–Kier alpha value is -0.770. The zero-order chi connectivity index (χ0) is 8.27. The van der Waals surface area contributed by atoms with E-state index in [4.69, 9.17) is 5.11 Å². The van der Waals surface area contributed by atoms with Crippen molar-refractivity contribution in [1.29, 1.82) is 0 Å². The van der Waals surface area contributed by atoms with Gasteiger partial charge in [0.1, 0.15) is 0 Å². The molecule has 1 heterocycles. The highest BCUT2D eigenvalue weighted by Crippen LogP contribution is 2.11. The molecule has 0 aliphatic carbocycles. The molecule has 1 saturated heterocycles. The molecule has 1 aliphatic rings. The summed E-state index contributed by atoms with van der Waals surface area (Å²) in [5, 5.41) is 10.6. The van der Waals surface area contributed by atoms with Gasteiger partial charge in [-0.25, -0.2) is 4.79 Å². The third-order valence-electron chi connectivity index (χ3n) is 1.94. The fourth-order valence-corrected chi connectivity index (χ4v) is 1.07. The Bertz CT molecular complexity index is 145. The molecule has 0 aromatic rings. The van der Waals surface area contributed by atoms with Crippen molar-refractivity contribution in [3.63, 3.8) is 0 Å². The first-order chi connectivity index (χ1) is 5.20. The van der Waals surface area contributed by atoms with Crippen LogP contribution in [0.15, 0.2) is 0 Å².